The Labute approximate surface area is 336 Å². The summed E-state index contributed by atoms with van der Waals surface area (Å²) < 4.78 is 79.2. The predicted molar refractivity (Wildman–Crippen MR) is 214 cm³/mol. The quantitative estimate of drug-likeness (QED) is 0.118. The number of benzene rings is 3. The molecular formula is C46H47IrN3OSi-2. The maximum absolute atomic E-state index is 9.13. The molecule has 7 aromatic rings. The van der Waals surface area contributed by atoms with E-state index in [1.165, 1.54) is 31.4 Å². The van der Waals surface area contributed by atoms with Crippen molar-refractivity contribution in [1.29, 1.82) is 0 Å². The molecule has 8 rings (SSSR count). The van der Waals surface area contributed by atoms with Gasteiger partial charge < -0.3 is 14.4 Å². The van der Waals surface area contributed by atoms with Gasteiger partial charge in [-0.15, -0.1) is 54.0 Å². The molecular weight excluding hydrogens is 831 g/mol. The minimum atomic E-state index is -2.30. The van der Waals surface area contributed by atoms with Crippen LogP contribution in [-0.2, 0) is 26.5 Å². The number of aromatic nitrogens is 3. The summed E-state index contributed by atoms with van der Waals surface area (Å²) in [4.78, 5) is 13.3. The maximum Gasteiger partial charge on any atom is 0.216 e. The van der Waals surface area contributed by atoms with E-state index in [1.807, 2.05) is 49.4 Å². The Bertz CT molecular complexity index is 2650. The molecule has 1 aliphatic rings. The number of rotatable bonds is 7. The van der Waals surface area contributed by atoms with Crippen molar-refractivity contribution in [2.45, 2.75) is 77.8 Å². The van der Waals surface area contributed by atoms with Crippen molar-refractivity contribution in [2.24, 2.45) is 5.92 Å². The van der Waals surface area contributed by atoms with Gasteiger partial charge in [0.05, 0.1) is 13.7 Å². The van der Waals surface area contributed by atoms with E-state index >= 15 is 0 Å². The number of furan rings is 1. The summed E-state index contributed by atoms with van der Waals surface area (Å²) in [6, 6.07) is 28.7. The first-order chi connectivity index (χ1) is 28.3. The average molecular weight is 887 g/mol. The van der Waals surface area contributed by atoms with Gasteiger partial charge in [0.2, 0.25) is 5.71 Å². The van der Waals surface area contributed by atoms with Crippen LogP contribution in [0.5, 0.6) is 0 Å². The molecule has 1 atom stereocenters. The van der Waals surface area contributed by atoms with Crippen LogP contribution < -0.4 is 5.19 Å². The number of pyridine rings is 3. The van der Waals surface area contributed by atoms with Crippen molar-refractivity contribution in [3.63, 3.8) is 0 Å². The van der Waals surface area contributed by atoms with Crippen LogP contribution in [0.25, 0.3) is 44.6 Å². The van der Waals surface area contributed by atoms with Crippen LogP contribution in [0.1, 0.15) is 79.6 Å². The third-order valence-electron chi connectivity index (χ3n) is 9.58. The van der Waals surface area contributed by atoms with E-state index in [2.05, 4.69) is 46.7 Å². The van der Waals surface area contributed by atoms with Crippen LogP contribution in [0.4, 0.5) is 0 Å². The zero-order chi connectivity index (χ0) is 43.2. The van der Waals surface area contributed by atoms with Crippen molar-refractivity contribution in [1.82, 2.24) is 15.0 Å². The van der Waals surface area contributed by atoms with Gasteiger partial charge in [0.25, 0.3) is 0 Å². The zero-order valence-electron chi connectivity index (χ0n) is 38.9. The molecule has 0 amide bonds. The summed E-state index contributed by atoms with van der Waals surface area (Å²) in [6.45, 7) is 6.17. The monoisotopic (exact) mass is 887 g/mol. The molecule has 0 aliphatic heterocycles. The van der Waals surface area contributed by atoms with E-state index < -0.39 is 27.2 Å². The number of hydrogen-bond donors (Lipinski definition) is 0. The summed E-state index contributed by atoms with van der Waals surface area (Å²) in [7, 11) is -1.89. The standard InChI is InChI=1S/C25H25N2O.C21H22NSi.Ir/c1-16-11-12-21-20-9-6-10-22(24(20)28-25(21)27-16)23-15-19(13-14-26-23)17(2)18-7-4-3-5-8-18;1-23(2,3)21-16-22-20(18-12-8-5-9-13-18)15-19(21)14-17-10-6-4-7-11-17;/h6,9,11-15,17-18H,3-5,7-8H2,1-2H3;4-12,15-16H,14H2,1-3H3;/q2*-1;/i1D3,17D;5D,8D,9D,14D2;. The SMILES string of the molecule is [2H]C([2H])([2H])c1ccc2c(n1)oc1c(-c3cc(C([2H])(C)C4CCCCC4)ccn3)[c-]ccc12.[2H]c1[c-]c(-c2cc(C([2H])([2H])c3ccccc3)c([Si](C)(C)C)cn2)cc([2H])c1[2H].[Ir]. The fourth-order valence-corrected chi connectivity index (χ4v) is 8.19. The number of hydrogen-bond acceptors (Lipinski definition) is 4. The Hall–Kier alpha value is -4.22. The molecule has 0 spiro atoms. The second-order valence-corrected chi connectivity index (χ2v) is 19.2. The summed E-state index contributed by atoms with van der Waals surface area (Å²) in [5.74, 6) is -0.351. The fraction of sp³-hybridized carbons (Fsp3) is 0.283. The van der Waals surface area contributed by atoms with Crippen LogP contribution >= 0.6 is 0 Å². The van der Waals surface area contributed by atoms with Gasteiger partial charge in [0.1, 0.15) is 0 Å². The Morgan fingerprint density at radius 2 is 1.77 bits per heavy atom. The van der Waals surface area contributed by atoms with Crippen molar-refractivity contribution < 1.29 is 36.9 Å². The first kappa shape index (κ1) is 27.4. The minimum absolute atomic E-state index is 0. The third-order valence-corrected chi connectivity index (χ3v) is 11.6. The van der Waals surface area contributed by atoms with E-state index in [1.54, 1.807) is 36.7 Å². The molecule has 0 bridgehead atoms. The molecule has 6 heteroatoms. The molecule has 0 saturated heterocycles. The third kappa shape index (κ3) is 8.52. The van der Waals surface area contributed by atoms with Gasteiger partial charge in [-0.2, -0.15) is 0 Å². The first-order valence-corrected chi connectivity index (χ1v) is 21.0. The number of fused-ring (bicyclic) bond motifs is 3. The van der Waals surface area contributed by atoms with Crippen LogP contribution in [0.15, 0.2) is 114 Å². The summed E-state index contributed by atoms with van der Waals surface area (Å²) >= 11 is 0. The largest absolute Gasteiger partial charge is 0.486 e. The van der Waals surface area contributed by atoms with Gasteiger partial charge in [0, 0.05) is 54.5 Å². The maximum atomic E-state index is 9.13. The number of aryl methyl sites for hydroxylation is 1. The van der Waals surface area contributed by atoms with Crippen LogP contribution in [0.2, 0.25) is 19.6 Å². The summed E-state index contributed by atoms with van der Waals surface area (Å²) in [5.41, 5.74) is 5.21. The van der Waals surface area contributed by atoms with Gasteiger partial charge >= 0.3 is 0 Å². The summed E-state index contributed by atoms with van der Waals surface area (Å²) in [6.07, 6.45) is 7.57. The molecule has 3 aromatic carbocycles. The molecule has 1 aliphatic carbocycles. The van der Waals surface area contributed by atoms with E-state index in [4.69, 9.17) is 16.8 Å². The number of nitrogens with zero attached hydrogens (tertiary/aromatic N) is 3. The van der Waals surface area contributed by atoms with Crippen LogP contribution in [0.3, 0.4) is 0 Å². The van der Waals surface area contributed by atoms with Gasteiger partial charge in [-0.05, 0) is 79.6 Å². The van der Waals surface area contributed by atoms with Crippen LogP contribution in [-0.4, -0.2) is 23.0 Å². The Kier molecular flexibility index (Phi) is 8.76. The Balaban J connectivity index is 0.000000203. The zero-order valence-corrected chi connectivity index (χ0v) is 33.3. The van der Waals surface area contributed by atoms with E-state index in [0.29, 0.717) is 45.1 Å². The molecule has 1 saturated carbocycles. The molecule has 4 aromatic heterocycles. The predicted octanol–water partition coefficient (Wildman–Crippen LogP) is 11.5. The van der Waals surface area contributed by atoms with Gasteiger partial charge in [-0.3, -0.25) is 0 Å². The van der Waals surface area contributed by atoms with Gasteiger partial charge in [-0.1, -0.05) is 110 Å². The smallest absolute Gasteiger partial charge is 0.216 e. The van der Waals surface area contributed by atoms with Crippen molar-refractivity contribution in [2.75, 3.05) is 0 Å². The molecule has 1 unspecified atom stereocenters. The van der Waals surface area contributed by atoms with Crippen molar-refractivity contribution in [3.8, 4) is 22.5 Å². The van der Waals surface area contributed by atoms with E-state index in [9.17, 15) is 0 Å². The molecule has 0 N–H and O–H groups in total. The molecule has 267 valence electrons. The minimum Gasteiger partial charge on any atom is -0.486 e. The van der Waals surface area contributed by atoms with Crippen LogP contribution in [0, 0.1) is 24.9 Å². The van der Waals surface area contributed by atoms with Gasteiger partial charge in [0.15, 0.2) is 0 Å². The fourth-order valence-electron chi connectivity index (χ4n) is 6.79. The molecule has 4 heterocycles. The molecule has 4 nitrogen and oxygen atoms in total. The van der Waals surface area contributed by atoms with Gasteiger partial charge in [-0.25, -0.2) is 4.98 Å². The van der Waals surface area contributed by atoms with E-state index in [-0.39, 0.29) is 49.6 Å². The molecule has 1 radical (unpaired) electrons. The Morgan fingerprint density at radius 1 is 0.942 bits per heavy atom. The molecule has 52 heavy (non-hydrogen) atoms. The topological polar surface area (TPSA) is 51.8 Å². The normalized spacial score (nSPS) is 17.7. The average Bonchev–Trinajstić information content (AvgIpc) is 3.61. The second kappa shape index (κ2) is 16.6. The van der Waals surface area contributed by atoms with Crippen molar-refractivity contribution in [3.05, 3.63) is 144 Å². The summed E-state index contributed by atoms with van der Waals surface area (Å²) in [5, 5.41) is 2.53. The second-order valence-electron chi connectivity index (χ2n) is 14.1. The first-order valence-electron chi connectivity index (χ1n) is 22.0. The Morgan fingerprint density at radius 3 is 2.54 bits per heavy atom. The van der Waals surface area contributed by atoms with Crippen molar-refractivity contribution >= 4 is 35.3 Å². The van der Waals surface area contributed by atoms with E-state index in [0.717, 1.165) is 34.4 Å². The molecule has 1 fully saturated rings.